The Hall–Kier alpha value is -1.62. The Balaban J connectivity index is 1.88. The lowest BCUT2D eigenvalue weighted by atomic mass is 9.94. The van der Waals surface area contributed by atoms with Gasteiger partial charge in [0.15, 0.2) is 0 Å². The number of carbonyl (C=O) groups is 1. The van der Waals surface area contributed by atoms with Gasteiger partial charge in [-0.2, -0.15) is 0 Å². The van der Waals surface area contributed by atoms with Crippen LogP contribution < -0.4 is 4.74 Å². The number of hydrogen-bond acceptors (Lipinski definition) is 4. The molecule has 5 heteroatoms. The van der Waals surface area contributed by atoms with Gasteiger partial charge >= 0.3 is 0 Å². The molecule has 1 aliphatic carbocycles. The number of pyridine rings is 1. The van der Waals surface area contributed by atoms with Crippen molar-refractivity contribution >= 4 is 5.91 Å². The van der Waals surface area contributed by atoms with Gasteiger partial charge in [-0.15, -0.1) is 0 Å². The predicted octanol–water partition coefficient (Wildman–Crippen LogP) is 2.43. The molecule has 0 bridgehead atoms. The third-order valence-electron chi connectivity index (χ3n) is 4.53. The second-order valence-electron chi connectivity index (χ2n) is 6.06. The first-order valence-corrected chi connectivity index (χ1v) is 8.08. The van der Waals surface area contributed by atoms with E-state index in [2.05, 4.69) is 16.9 Å². The average molecular weight is 305 g/mol. The SMILES string of the molecule is COc1ncccc1C(=O)N(C)CCN(C)C1CCCCC1. The van der Waals surface area contributed by atoms with Crippen LogP contribution in [0.5, 0.6) is 5.88 Å². The Kier molecular flexibility index (Phi) is 6.19. The molecule has 1 amide bonds. The van der Waals surface area contributed by atoms with Crippen LogP contribution >= 0.6 is 0 Å². The van der Waals surface area contributed by atoms with Crippen LogP contribution in [0.15, 0.2) is 18.3 Å². The molecule has 1 aliphatic rings. The Morgan fingerprint density at radius 1 is 1.27 bits per heavy atom. The molecule has 0 spiro atoms. The van der Waals surface area contributed by atoms with Crippen molar-refractivity contribution in [3.63, 3.8) is 0 Å². The van der Waals surface area contributed by atoms with Crippen molar-refractivity contribution in [2.75, 3.05) is 34.3 Å². The first kappa shape index (κ1) is 16.7. The largest absolute Gasteiger partial charge is 0.480 e. The van der Waals surface area contributed by atoms with E-state index < -0.39 is 0 Å². The minimum Gasteiger partial charge on any atom is -0.480 e. The van der Waals surface area contributed by atoms with Crippen molar-refractivity contribution in [2.45, 2.75) is 38.1 Å². The summed E-state index contributed by atoms with van der Waals surface area (Å²) in [4.78, 5) is 20.7. The number of aromatic nitrogens is 1. The molecule has 0 atom stereocenters. The molecule has 1 aromatic rings. The van der Waals surface area contributed by atoms with Gasteiger partial charge in [0.1, 0.15) is 5.56 Å². The van der Waals surface area contributed by atoms with E-state index in [4.69, 9.17) is 4.74 Å². The van der Waals surface area contributed by atoms with E-state index in [-0.39, 0.29) is 5.91 Å². The molecule has 1 aromatic heterocycles. The number of methoxy groups -OCH3 is 1. The van der Waals surface area contributed by atoms with E-state index in [9.17, 15) is 4.79 Å². The van der Waals surface area contributed by atoms with Crippen LogP contribution in [0.2, 0.25) is 0 Å². The second-order valence-corrected chi connectivity index (χ2v) is 6.06. The van der Waals surface area contributed by atoms with Crippen LogP contribution in [-0.4, -0.2) is 61.0 Å². The lowest BCUT2D eigenvalue weighted by Crippen LogP contribution is -2.40. The summed E-state index contributed by atoms with van der Waals surface area (Å²) >= 11 is 0. The topological polar surface area (TPSA) is 45.7 Å². The molecule has 22 heavy (non-hydrogen) atoms. The minimum atomic E-state index is -0.0398. The van der Waals surface area contributed by atoms with Crippen molar-refractivity contribution in [3.8, 4) is 5.88 Å². The number of ether oxygens (including phenoxy) is 1. The fourth-order valence-corrected chi connectivity index (χ4v) is 3.04. The quantitative estimate of drug-likeness (QED) is 0.810. The summed E-state index contributed by atoms with van der Waals surface area (Å²) in [6.45, 7) is 1.61. The summed E-state index contributed by atoms with van der Waals surface area (Å²) in [6.07, 6.45) is 8.22. The van der Waals surface area contributed by atoms with Crippen molar-refractivity contribution in [3.05, 3.63) is 23.9 Å². The fraction of sp³-hybridized carbons (Fsp3) is 0.647. The summed E-state index contributed by atoms with van der Waals surface area (Å²) in [7, 11) is 5.54. The van der Waals surface area contributed by atoms with E-state index in [0.29, 0.717) is 24.0 Å². The number of hydrogen-bond donors (Lipinski definition) is 0. The summed E-state index contributed by atoms with van der Waals surface area (Å²) in [6, 6.07) is 4.19. The maximum absolute atomic E-state index is 12.5. The highest BCUT2D eigenvalue weighted by molar-refractivity contribution is 5.96. The van der Waals surface area contributed by atoms with Crippen molar-refractivity contribution < 1.29 is 9.53 Å². The van der Waals surface area contributed by atoms with E-state index in [1.54, 1.807) is 23.2 Å². The molecule has 2 rings (SSSR count). The number of rotatable bonds is 6. The Morgan fingerprint density at radius 2 is 2.00 bits per heavy atom. The van der Waals surface area contributed by atoms with Crippen LogP contribution in [0, 0.1) is 0 Å². The van der Waals surface area contributed by atoms with E-state index in [1.807, 2.05) is 7.05 Å². The highest BCUT2D eigenvalue weighted by Crippen LogP contribution is 2.21. The third-order valence-corrected chi connectivity index (χ3v) is 4.53. The summed E-state index contributed by atoms with van der Waals surface area (Å²) in [5.74, 6) is 0.349. The van der Waals surface area contributed by atoms with Crippen LogP contribution in [0.4, 0.5) is 0 Å². The lowest BCUT2D eigenvalue weighted by Gasteiger charge is -2.32. The highest BCUT2D eigenvalue weighted by atomic mass is 16.5. The van der Waals surface area contributed by atoms with Gasteiger partial charge in [-0.25, -0.2) is 4.98 Å². The summed E-state index contributed by atoms with van der Waals surface area (Å²) < 4.78 is 5.17. The zero-order chi connectivity index (χ0) is 15.9. The van der Waals surface area contributed by atoms with Crippen LogP contribution in [-0.2, 0) is 0 Å². The third kappa shape index (κ3) is 4.19. The van der Waals surface area contributed by atoms with Crippen LogP contribution in [0.3, 0.4) is 0 Å². The normalized spacial score (nSPS) is 15.8. The molecule has 0 N–H and O–H groups in total. The molecule has 5 nitrogen and oxygen atoms in total. The van der Waals surface area contributed by atoms with Gasteiger partial charge < -0.3 is 14.5 Å². The molecule has 1 saturated carbocycles. The first-order chi connectivity index (χ1) is 10.6. The maximum atomic E-state index is 12.5. The molecule has 0 aromatic carbocycles. The maximum Gasteiger partial charge on any atom is 0.259 e. The molecule has 0 unspecified atom stereocenters. The van der Waals surface area contributed by atoms with Crippen LogP contribution in [0.1, 0.15) is 42.5 Å². The molecule has 1 heterocycles. The summed E-state index contributed by atoms with van der Waals surface area (Å²) in [5.41, 5.74) is 0.521. The molecule has 122 valence electrons. The van der Waals surface area contributed by atoms with Gasteiger partial charge in [-0.3, -0.25) is 4.79 Å². The number of likely N-dealkylation sites (N-methyl/N-ethyl adjacent to an activating group) is 2. The minimum absolute atomic E-state index is 0.0398. The van der Waals surface area contributed by atoms with E-state index in [0.717, 1.165) is 6.54 Å². The fourth-order valence-electron chi connectivity index (χ4n) is 3.04. The van der Waals surface area contributed by atoms with Crippen LogP contribution in [0.25, 0.3) is 0 Å². The van der Waals surface area contributed by atoms with Crippen molar-refractivity contribution in [1.82, 2.24) is 14.8 Å². The van der Waals surface area contributed by atoms with Gasteiger partial charge in [0.2, 0.25) is 5.88 Å². The van der Waals surface area contributed by atoms with E-state index >= 15 is 0 Å². The van der Waals surface area contributed by atoms with E-state index in [1.165, 1.54) is 39.2 Å². The molecular formula is C17H27N3O2. The van der Waals surface area contributed by atoms with Crippen molar-refractivity contribution in [1.29, 1.82) is 0 Å². The highest BCUT2D eigenvalue weighted by Gasteiger charge is 2.20. The number of amides is 1. The van der Waals surface area contributed by atoms with Gasteiger partial charge in [-0.05, 0) is 32.0 Å². The average Bonchev–Trinajstić information content (AvgIpc) is 2.59. The zero-order valence-corrected chi connectivity index (χ0v) is 13.9. The zero-order valence-electron chi connectivity index (χ0n) is 13.9. The van der Waals surface area contributed by atoms with Gasteiger partial charge in [0.25, 0.3) is 5.91 Å². The van der Waals surface area contributed by atoms with Gasteiger partial charge in [0.05, 0.1) is 7.11 Å². The Morgan fingerprint density at radius 3 is 2.68 bits per heavy atom. The van der Waals surface area contributed by atoms with Gasteiger partial charge in [0, 0.05) is 32.4 Å². The molecule has 1 fully saturated rings. The second kappa shape index (κ2) is 8.13. The Bertz CT molecular complexity index is 487. The first-order valence-electron chi connectivity index (χ1n) is 8.08. The monoisotopic (exact) mass is 305 g/mol. The molecule has 0 aliphatic heterocycles. The number of carbonyl (C=O) groups excluding carboxylic acids is 1. The summed E-state index contributed by atoms with van der Waals surface area (Å²) in [5, 5.41) is 0. The predicted molar refractivity (Wildman–Crippen MR) is 87.3 cm³/mol. The lowest BCUT2D eigenvalue weighted by molar-refractivity contribution is 0.0763. The molecular weight excluding hydrogens is 278 g/mol. The standard InChI is InChI=1S/C17H27N3O2/c1-19(14-8-5-4-6-9-14)12-13-20(2)17(21)15-10-7-11-18-16(15)22-3/h7,10-11,14H,4-6,8-9,12-13H2,1-3H3. The Labute approximate surface area is 133 Å². The molecule has 0 radical (unpaired) electrons. The number of nitrogens with zero attached hydrogens (tertiary/aromatic N) is 3. The van der Waals surface area contributed by atoms with Crippen molar-refractivity contribution in [2.24, 2.45) is 0 Å². The smallest absolute Gasteiger partial charge is 0.259 e. The molecule has 0 saturated heterocycles. The van der Waals surface area contributed by atoms with Gasteiger partial charge in [-0.1, -0.05) is 19.3 Å².